The van der Waals surface area contributed by atoms with E-state index >= 15 is 0 Å². The van der Waals surface area contributed by atoms with Crippen molar-refractivity contribution in [2.75, 3.05) is 0 Å². The third-order valence-corrected chi connectivity index (χ3v) is 0.451. The number of aliphatic imine (C=N–C) groups is 1. The Morgan fingerprint density at radius 1 is 1.86 bits per heavy atom. The number of amidine groups is 1. The fourth-order valence-electron chi connectivity index (χ4n) is 0.209. The molecule has 0 spiro atoms. The highest BCUT2D eigenvalue weighted by Gasteiger charge is 1.84. The first-order chi connectivity index (χ1) is 3.13. The van der Waals surface area contributed by atoms with Gasteiger partial charge in [0.15, 0.2) is 0 Å². The van der Waals surface area contributed by atoms with Crippen LogP contribution in [-0.4, -0.2) is 11.3 Å². The van der Waals surface area contributed by atoms with Gasteiger partial charge in [0.2, 0.25) is 0 Å². The second-order valence-corrected chi connectivity index (χ2v) is 1.71. The summed E-state index contributed by atoms with van der Waals surface area (Å²) < 4.78 is 0. The summed E-state index contributed by atoms with van der Waals surface area (Å²) in [6.07, 6.45) is 0. The SMILES string of the molecule is CC(N)=NC(N)S. The van der Waals surface area contributed by atoms with E-state index in [9.17, 15) is 0 Å². The van der Waals surface area contributed by atoms with Crippen LogP contribution in [0.25, 0.3) is 0 Å². The van der Waals surface area contributed by atoms with Crippen LogP contribution in [0, 0.1) is 0 Å². The Kier molecular flexibility index (Phi) is 2.78. The highest BCUT2D eigenvalue weighted by molar-refractivity contribution is 7.80. The summed E-state index contributed by atoms with van der Waals surface area (Å²) in [4.78, 5) is 3.61. The number of hydrogen-bond acceptors (Lipinski definition) is 3. The van der Waals surface area contributed by atoms with E-state index in [0.29, 0.717) is 5.84 Å². The van der Waals surface area contributed by atoms with Gasteiger partial charge in [0, 0.05) is 0 Å². The molecule has 0 saturated carbocycles. The van der Waals surface area contributed by atoms with E-state index < -0.39 is 5.50 Å². The van der Waals surface area contributed by atoms with Crippen LogP contribution in [0.5, 0.6) is 0 Å². The lowest BCUT2D eigenvalue weighted by molar-refractivity contribution is 0.991. The monoisotopic (exact) mass is 119 g/mol. The fourth-order valence-corrected chi connectivity index (χ4v) is 0.391. The number of hydrogen-bond donors (Lipinski definition) is 3. The van der Waals surface area contributed by atoms with Crippen LogP contribution in [-0.2, 0) is 0 Å². The van der Waals surface area contributed by atoms with E-state index in [0.717, 1.165) is 0 Å². The normalized spacial score (nSPS) is 16.7. The predicted octanol–water partition coefficient (Wildman–Crippen LogP) is -0.464. The Morgan fingerprint density at radius 3 is 2.29 bits per heavy atom. The van der Waals surface area contributed by atoms with Crippen molar-refractivity contribution in [3.8, 4) is 0 Å². The summed E-state index contributed by atoms with van der Waals surface area (Å²) in [6.45, 7) is 1.66. The molecular formula is C3H9N3S. The Balaban J connectivity index is 3.45. The van der Waals surface area contributed by atoms with Crippen molar-refractivity contribution < 1.29 is 0 Å². The molecule has 4 heteroatoms. The third kappa shape index (κ3) is 5.78. The minimum atomic E-state index is -0.468. The summed E-state index contributed by atoms with van der Waals surface area (Å²) >= 11 is 3.75. The van der Waals surface area contributed by atoms with Gasteiger partial charge >= 0.3 is 0 Å². The lowest BCUT2D eigenvalue weighted by Crippen LogP contribution is -2.15. The molecule has 0 rings (SSSR count). The van der Waals surface area contributed by atoms with Gasteiger partial charge in [0.25, 0.3) is 0 Å². The molecule has 0 amide bonds. The first kappa shape index (κ1) is 6.78. The minimum absolute atomic E-state index is 0.461. The average Bonchev–Trinajstić information content (AvgIpc) is 1.27. The molecule has 0 bridgehead atoms. The van der Waals surface area contributed by atoms with Gasteiger partial charge < -0.3 is 11.5 Å². The largest absolute Gasteiger partial charge is 0.388 e. The van der Waals surface area contributed by atoms with Gasteiger partial charge in [-0.05, 0) is 6.92 Å². The van der Waals surface area contributed by atoms with E-state index in [4.69, 9.17) is 11.5 Å². The smallest absolute Gasteiger partial charge is 0.143 e. The topological polar surface area (TPSA) is 64.4 Å². The van der Waals surface area contributed by atoms with Crippen LogP contribution in [0.1, 0.15) is 6.92 Å². The summed E-state index contributed by atoms with van der Waals surface area (Å²) in [6, 6.07) is 0. The maximum Gasteiger partial charge on any atom is 0.143 e. The van der Waals surface area contributed by atoms with Crippen LogP contribution in [0.3, 0.4) is 0 Å². The molecule has 0 aromatic carbocycles. The van der Waals surface area contributed by atoms with Gasteiger partial charge in [0.05, 0.1) is 5.84 Å². The zero-order valence-corrected chi connectivity index (χ0v) is 5.02. The van der Waals surface area contributed by atoms with Crippen molar-refractivity contribution in [1.82, 2.24) is 0 Å². The molecule has 0 heterocycles. The van der Waals surface area contributed by atoms with Gasteiger partial charge in [-0.3, -0.25) is 0 Å². The average molecular weight is 119 g/mol. The quantitative estimate of drug-likeness (QED) is 0.189. The van der Waals surface area contributed by atoms with Crippen molar-refractivity contribution in [3.05, 3.63) is 0 Å². The molecule has 3 nitrogen and oxygen atoms in total. The molecule has 42 valence electrons. The second kappa shape index (κ2) is 2.87. The minimum Gasteiger partial charge on any atom is -0.388 e. The fraction of sp³-hybridized carbons (Fsp3) is 0.667. The third-order valence-electron chi connectivity index (χ3n) is 0.336. The highest BCUT2D eigenvalue weighted by atomic mass is 32.1. The van der Waals surface area contributed by atoms with E-state index in [1.807, 2.05) is 0 Å². The van der Waals surface area contributed by atoms with Crippen molar-refractivity contribution >= 4 is 18.5 Å². The summed E-state index contributed by atoms with van der Waals surface area (Å²) in [5, 5.41) is 0. The van der Waals surface area contributed by atoms with E-state index in [1.54, 1.807) is 6.92 Å². The van der Waals surface area contributed by atoms with Gasteiger partial charge in [-0.1, -0.05) is 0 Å². The number of nitrogens with zero attached hydrogens (tertiary/aromatic N) is 1. The van der Waals surface area contributed by atoms with Crippen LogP contribution in [0.4, 0.5) is 0 Å². The standard InChI is InChI=1S/C3H9N3S/c1-2(4)6-3(5)7/h3,7H,5H2,1H3,(H2,4,6). The van der Waals surface area contributed by atoms with Crippen LogP contribution in [0.2, 0.25) is 0 Å². The van der Waals surface area contributed by atoms with Crippen LogP contribution in [0.15, 0.2) is 4.99 Å². The van der Waals surface area contributed by atoms with E-state index in [1.165, 1.54) is 0 Å². The van der Waals surface area contributed by atoms with Crippen molar-refractivity contribution in [1.29, 1.82) is 0 Å². The predicted molar refractivity (Wildman–Crippen MR) is 34.3 cm³/mol. The molecule has 1 unspecified atom stereocenters. The van der Waals surface area contributed by atoms with Gasteiger partial charge in [0.1, 0.15) is 5.50 Å². The molecule has 7 heavy (non-hydrogen) atoms. The van der Waals surface area contributed by atoms with Crippen LogP contribution < -0.4 is 11.5 Å². The molecule has 0 aliphatic carbocycles. The van der Waals surface area contributed by atoms with Crippen molar-refractivity contribution in [2.24, 2.45) is 16.5 Å². The second-order valence-electron chi connectivity index (χ2n) is 1.18. The summed E-state index contributed by atoms with van der Waals surface area (Å²) in [5.41, 5.74) is 9.74. The zero-order valence-electron chi connectivity index (χ0n) is 4.13. The Labute approximate surface area is 48.2 Å². The molecule has 0 aliphatic heterocycles. The number of rotatable bonds is 1. The maximum absolute atomic E-state index is 5.11. The molecule has 0 aromatic heterocycles. The summed E-state index contributed by atoms with van der Waals surface area (Å²) in [5.74, 6) is 0.461. The molecule has 1 atom stereocenters. The lowest BCUT2D eigenvalue weighted by Gasteiger charge is -1.93. The summed E-state index contributed by atoms with van der Waals surface area (Å²) in [7, 11) is 0. The Bertz CT molecular complexity index is 74.2. The Morgan fingerprint density at radius 2 is 2.29 bits per heavy atom. The lowest BCUT2D eigenvalue weighted by atomic mass is 10.7. The molecule has 0 saturated heterocycles. The molecule has 0 aliphatic rings. The molecule has 0 fully saturated rings. The van der Waals surface area contributed by atoms with Crippen molar-refractivity contribution in [3.63, 3.8) is 0 Å². The number of thiol groups is 1. The molecule has 4 N–H and O–H groups in total. The van der Waals surface area contributed by atoms with E-state index in [2.05, 4.69) is 17.6 Å². The van der Waals surface area contributed by atoms with E-state index in [-0.39, 0.29) is 0 Å². The molecular weight excluding hydrogens is 110 g/mol. The maximum atomic E-state index is 5.11. The first-order valence-electron chi connectivity index (χ1n) is 1.86. The van der Waals surface area contributed by atoms with Crippen LogP contribution >= 0.6 is 12.6 Å². The number of nitrogens with two attached hydrogens (primary N) is 2. The molecule has 0 aromatic rings. The zero-order chi connectivity index (χ0) is 5.86. The highest BCUT2D eigenvalue weighted by Crippen LogP contribution is 1.83. The first-order valence-corrected chi connectivity index (χ1v) is 2.38. The van der Waals surface area contributed by atoms with Gasteiger partial charge in [-0.25, -0.2) is 4.99 Å². The van der Waals surface area contributed by atoms with Gasteiger partial charge in [-0.15, -0.1) is 12.6 Å². The van der Waals surface area contributed by atoms with Gasteiger partial charge in [-0.2, -0.15) is 0 Å². The molecule has 0 radical (unpaired) electrons. The Hall–Kier alpha value is -0.220. The van der Waals surface area contributed by atoms with Crippen molar-refractivity contribution in [2.45, 2.75) is 12.4 Å².